The molecule has 0 aromatic carbocycles. The SMILES string of the molecule is CCOC(=O)[C@@H](Cc1ccncc1)NC(=O)c1nc(S(C)(=O)=O)n2ccccc12. The predicted molar refractivity (Wildman–Crippen MR) is 104 cm³/mol. The third-order valence-corrected chi connectivity index (χ3v) is 5.08. The number of nitrogens with zero attached hydrogens (tertiary/aromatic N) is 3. The van der Waals surface area contributed by atoms with E-state index in [1.165, 1.54) is 10.6 Å². The van der Waals surface area contributed by atoms with Gasteiger partial charge in [-0.3, -0.25) is 14.2 Å². The van der Waals surface area contributed by atoms with Crippen LogP contribution in [0.2, 0.25) is 0 Å². The number of imidazole rings is 1. The van der Waals surface area contributed by atoms with E-state index >= 15 is 0 Å². The number of carbonyl (C=O) groups excluding carboxylic acids is 2. The number of hydrogen-bond acceptors (Lipinski definition) is 7. The van der Waals surface area contributed by atoms with Crippen LogP contribution in [0.15, 0.2) is 54.1 Å². The van der Waals surface area contributed by atoms with E-state index in [0.717, 1.165) is 11.8 Å². The number of fused-ring (bicyclic) bond motifs is 1. The van der Waals surface area contributed by atoms with Crippen molar-refractivity contribution < 1.29 is 22.7 Å². The number of ether oxygens (including phenoxy) is 1. The summed E-state index contributed by atoms with van der Waals surface area (Å²) < 4.78 is 30.5. The zero-order valence-corrected chi connectivity index (χ0v) is 16.7. The highest BCUT2D eigenvalue weighted by Crippen LogP contribution is 2.17. The minimum Gasteiger partial charge on any atom is -0.464 e. The summed E-state index contributed by atoms with van der Waals surface area (Å²) in [5, 5.41) is 2.37. The Hall–Kier alpha value is -3.27. The zero-order valence-electron chi connectivity index (χ0n) is 15.9. The lowest BCUT2D eigenvalue weighted by Crippen LogP contribution is -2.43. The molecule has 10 heteroatoms. The molecule has 1 atom stereocenters. The van der Waals surface area contributed by atoms with Crippen LogP contribution in [-0.4, -0.2) is 53.6 Å². The number of carbonyl (C=O) groups is 2. The Morgan fingerprint density at radius 2 is 1.93 bits per heavy atom. The predicted octanol–water partition coefficient (Wildman–Crippen LogP) is 1.04. The van der Waals surface area contributed by atoms with Gasteiger partial charge in [0.1, 0.15) is 6.04 Å². The van der Waals surface area contributed by atoms with Gasteiger partial charge in [0, 0.05) is 31.3 Å². The van der Waals surface area contributed by atoms with Gasteiger partial charge in [-0.05, 0) is 36.8 Å². The monoisotopic (exact) mass is 416 g/mol. The van der Waals surface area contributed by atoms with Crippen molar-refractivity contribution in [3.8, 4) is 0 Å². The van der Waals surface area contributed by atoms with Gasteiger partial charge in [0.05, 0.1) is 12.1 Å². The largest absolute Gasteiger partial charge is 0.464 e. The van der Waals surface area contributed by atoms with Crippen molar-refractivity contribution in [2.24, 2.45) is 0 Å². The molecular weight excluding hydrogens is 396 g/mol. The molecule has 0 spiro atoms. The molecule has 1 N–H and O–H groups in total. The number of pyridine rings is 2. The minimum atomic E-state index is -3.67. The maximum Gasteiger partial charge on any atom is 0.328 e. The second-order valence-corrected chi connectivity index (χ2v) is 8.22. The Bertz CT molecular complexity index is 1140. The molecule has 3 aromatic heterocycles. The molecule has 29 heavy (non-hydrogen) atoms. The van der Waals surface area contributed by atoms with E-state index in [1.54, 1.807) is 49.6 Å². The summed E-state index contributed by atoms with van der Waals surface area (Å²) >= 11 is 0. The molecule has 0 aliphatic heterocycles. The Kier molecular flexibility index (Phi) is 5.92. The van der Waals surface area contributed by atoms with Crippen LogP contribution in [0.4, 0.5) is 0 Å². The maximum atomic E-state index is 12.9. The van der Waals surface area contributed by atoms with E-state index < -0.39 is 27.8 Å². The number of hydrogen-bond donors (Lipinski definition) is 1. The molecular formula is C19H20N4O5S. The number of sulfone groups is 1. The Morgan fingerprint density at radius 1 is 1.21 bits per heavy atom. The second-order valence-electron chi connectivity index (χ2n) is 6.31. The molecule has 0 aliphatic carbocycles. The lowest BCUT2D eigenvalue weighted by atomic mass is 10.1. The van der Waals surface area contributed by atoms with E-state index in [2.05, 4.69) is 15.3 Å². The molecule has 0 fully saturated rings. The van der Waals surface area contributed by atoms with Gasteiger partial charge in [0.25, 0.3) is 5.91 Å². The van der Waals surface area contributed by atoms with Crippen molar-refractivity contribution in [1.82, 2.24) is 19.7 Å². The van der Waals surface area contributed by atoms with E-state index in [9.17, 15) is 18.0 Å². The Morgan fingerprint density at radius 3 is 2.59 bits per heavy atom. The van der Waals surface area contributed by atoms with Gasteiger partial charge in [-0.15, -0.1) is 0 Å². The number of amides is 1. The molecule has 9 nitrogen and oxygen atoms in total. The third kappa shape index (κ3) is 4.60. The highest BCUT2D eigenvalue weighted by Gasteiger charge is 2.27. The lowest BCUT2D eigenvalue weighted by Gasteiger charge is -2.17. The molecule has 152 valence electrons. The Labute approximate surface area is 167 Å². The van der Waals surface area contributed by atoms with Crippen LogP contribution in [0.3, 0.4) is 0 Å². The van der Waals surface area contributed by atoms with Gasteiger partial charge in [-0.2, -0.15) is 0 Å². The van der Waals surface area contributed by atoms with E-state index in [0.29, 0.717) is 5.52 Å². The molecule has 3 heterocycles. The molecule has 0 radical (unpaired) electrons. The van der Waals surface area contributed by atoms with E-state index in [-0.39, 0.29) is 23.9 Å². The van der Waals surface area contributed by atoms with Crippen LogP contribution >= 0.6 is 0 Å². The van der Waals surface area contributed by atoms with Gasteiger partial charge in [0.15, 0.2) is 5.69 Å². The highest BCUT2D eigenvalue weighted by molar-refractivity contribution is 7.90. The molecule has 0 saturated heterocycles. The summed E-state index contributed by atoms with van der Waals surface area (Å²) in [6, 6.07) is 7.37. The number of rotatable bonds is 7. The molecule has 0 aliphatic rings. The summed E-state index contributed by atoms with van der Waals surface area (Å²) in [5.41, 5.74) is 1.01. The maximum absolute atomic E-state index is 12.9. The molecule has 3 aromatic rings. The van der Waals surface area contributed by atoms with Crippen LogP contribution in [0.5, 0.6) is 0 Å². The standard InChI is InChI=1S/C19H20N4O5S/c1-3-28-18(25)14(12-13-7-9-20-10-8-13)21-17(24)16-15-6-4-5-11-23(15)19(22-16)29(2,26)27/h4-11,14H,3,12H2,1-2H3,(H,21,24)/t14-/m1/s1. The van der Waals surface area contributed by atoms with Crippen LogP contribution in [0.25, 0.3) is 5.52 Å². The van der Waals surface area contributed by atoms with Crippen molar-refractivity contribution in [3.63, 3.8) is 0 Å². The van der Waals surface area contributed by atoms with Crippen molar-refractivity contribution >= 4 is 27.2 Å². The van der Waals surface area contributed by atoms with Crippen LogP contribution in [0.1, 0.15) is 23.0 Å². The molecule has 0 saturated carbocycles. The van der Waals surface area contributed by atoms with Gasteiger partial charge in [-0.1, -0.05) is 6.07 Å². The zero-order chi connectivity index (χ0) is 21.0. The smallest absolute Gasteiger partial charge is 0.328 e. The van der Waals surface area contributed by atoms with Gasteiger partial charge in [0.2, 0.25) is 15.0 Å². The fourth-order valence-electron chi connectivity index (χ4n) is 2.86. The summed E-state index contributed by atoms with van der Waals surface area (Å²) in [4.78, 5) is 33.2. The van der Waals surface area contributed by atoms with Crippen molar-refractivity contribution in [1.29, 1.82) is 0 Å². The first-order chi connectivity index (χ1) is 13.8. The number of aromatic nitrogens is 3. The fraction of sp³-hybridized carbons (Fsp3) is 0.263. The van der Waals surface area contributed by atoms with E-state index in [4.69, 9.17) is 4.74 Å². The quantitative estimate of drug-likeness (QED) is 0.571. The molecule has 0 unspecified atom stereocenters. The van der Waals surface area contributed by atoms with Gasteiger partial charge < -0.3 is 10.1 Å². The summed E-state index contributed by atoms with van der Waals surface area (Å²) in [5.74, 6) is -1.26. The topological polar surface area (TPSA) is 120 Å². The normalized spacial score (nSPS) is 12.5. The highest BCUT2D eigenvalue weighted by atomic mass is 32.2. The average Bonchev–Trinajstić information content (AvgIpc) is 3.09. The van der Waals surface area contributed by atoms with Crippen molar-refractivity contribution in [2.45, 2.75) is 24.5 Å². The minimum absolute atomic E-state index is 0.0879. The first-order valence-corrected chi connectivity index (χ1v) is 10.7. The van der Waals surface area contributed by atoms with Crippen LogP contribution in [0, 0.1) is 0 Å². The van der Waals surface area contributed by atoms with Crippen molar-refractivity contribution in [3.05, 3.63) is 60.2 Å². The summed E-state index contributed by atoms with van der Waals surface area (Å²) in [7, 11) is -3.67. The summed E-state index contributed by atoms with van der Waals surface area (Å²) in [6.07, 6.45) is 5.88. The fourth-order valence-corrected chi connectivity index (χ4v) is 3.63. The Balaban J connectivity index is 1.95. The number of esters is 1. The van der Waals surface area contributed by atoms with E-state index in [1.807, 2.05) is 0 Å². The van der Waals surface area contributed by atoms with Gasteiger partial charge >= 0.3 is 5.97 Å². The second kappa shape index (κ2) is 8.39. The van der Waals surface area contributed by atoms with Crippen LogP contribution in [-0.2, 0) is 25.8 Å². The van der Waals surface area contributed by atoms with Crippen LogP contribution < -0.4 is 5.32 Å². The third-order valence-electron chi connectivity index (χ3n) is 4.13. The van der Waals surface area contributed by atoms with Crippen molar-refractivity contribution in [2.75, 3.05) is 12.9 Å². The van der Waals surface area contributed by atoms with Gasteiger partial charge in [-0.25, -0.2) is 18.2 Å². The lowest BCUT2D eigenvalue weighted by molar-refractivity contribution is -0.145. The average molecular weight is 416 g/mol. The summed E-state index contributed by atoms with van der Waals surface area (Å²) in [6.45, 7) is 1.83. The number of nitrogens with one attached hydrogen (secondary N) is 1. The molecule has 1 amide bonds. The first-order valence-electron chi connectivity index (χ1n) is 8.84. The first kappa shape index (κ1) is 20.5. The molecule has 3 rings (SSSR count). The molecule has 0 bridgehead atoms.